The van der Waals surface area contributed by atoms with E-state index >= 15 is 9.59 Å². The van der Waals surface area contributed by atoms with Crippen molar-refractivity contribution in [2.75, 3.05) is 13.1 Å². The number of aryl methyl sites for hydroxylation is 2. The van der Waals surface area contributed by atoms with E-state index in [1.54, 1.807) is 22.7 Å². The van der Waals surface area contributed by atoms with Crippen LogP contribution in [0.4, 0.5) is 0 Å². The van der Waals surface area contributed by atoms with Crippen molar-refractivity contribution in [2.45, 2.75) is 286 Å². The first-order valence-corrected chi connectivity index (χ1v) is 43.3. The van der Waals surface area contributed by atoms with Gasteiger partial charge in [0.05, 0.1) is 20.9 Å². The minimum absolute atomic E-state index is 0.157. The molecule has 0 fully saturated rings. The molecule has 0 spiro atoms. The molecule has 4 heterocycles. The van der Waals surface area contributed by atoms with Gasteiger partial charge in [0.1, 0.15) is 11.4 Å². The molecule has 10 rings (SSSR count). The molecule has 2 aliphatic rings. The minimum Gasteiger partial charge on any atom is -0.300 e. The van der Waals surface area contributed by atoms with E-state index in [4.69, 9.17) is 0 Å². The maximum absolute atomic E-state index is 16.3. The molecule has 104 heavy (non-hydrogen) atoms. The fraction of sp³-hybridized carbons (Fsp3) is 0.490. The Balaban J connectivity index is 1.07. The summed E-state index contributed by atoms with van der Waals surface area (Å²) >= 11 is 3.50. The molecule has 546 valence electrons. The zero-order valence-electron chi connectivity index (χ0n) is 64.5. The van der Waals surface area contributed by atoms with Crippen LogP contribution >= 0.6 is 22.7 Å². The Labute approximate surface area is 636 Å². The molecular formula is C98H120N2O2S2. The van der Waals surface area contributed by atoms with E-state index in [0.717, 1.165) is 178 Å². The van der Waals surface area contributed by atoms with Crippen LogP contribution in [0.25, 0.3) is 43.1 Å². The van der Waals surface area contributed by atoms with Crippen molar-refractivity contribution in [3.63, 3.8) is 0 Å². The van der Waals surface area contributed by atoms with Gasteiger partial charge in [-0.05, 0) is 152 Å². The van der Waals surface area contributed by atoms with Crippen LogP contribution in [0.15, 0.2) is 142 Å². The SMILES string of the molecule is CCCCCCCCCCCCc1ccsc1C#Cc1c2ccccc2c(C#CC2=C3C(=O)N(CC(CCCC)CCCCCC)C(C#Cc4c5ccccc5c(C#Cc5sccc5CCCCCCCCCCCC)c5ccccc45)=C3C(=O)N2CC(CCCC)CCCCCC)c2ccccc12. The molecule has 0 N–H and O–H groups in total. The fourth-order valence-electron chi connectivity index (χ4n) is 16.0. The van der Waals surface area contributed by atoms with Gasteiger partial charge in [-0.25, -0.2) is 0 Å². The number of carbonyl (C=O) groups excluding carboxylic acids is 2. The summed E-state index contributed by atoms with van der Waals surface area (Å²) in [5.41, 5.74) is 8.29. The van der Waals surface area contributed by atoms with Gasteiger partial charge in [-0.1, -0.05) is 367 Å². The lowest BCUT2D eigenvalue weighted by molar-refractivity contribution is -0.125. The Kier molecular flexibility index (Phi) is 32.8. The average molecular weight is 1420 g/mol. The van der Waals surface area contributed by atoms with E-state index in [1.165, 1.54) is 152 Å². The van der Waals surface area contributed by atoms with Crippen LogP contribution in [0.2, 0.25) is 0 Å². The van der Waals surface area contributed by atoms with Crippen molar-refractivity contribution >= 4 is 77.6 Å². The molecule has 8 aromatic rings. The lowest BCUT2D eigenvalue weighted by Crippen LogP contribution is -2.35. The highest BCUT2D eigenvalue weighted by atomic mass is 32.1. The van der Waals surface area contributed by atoms with Crippen LogP contribution in [0.1, 0.15) is 316 Å². The van der Waals surface area contributed by atoms with Gasteiger partial charge < -0.3 is 0 Å². The second-order valence-corrected chi connectivity index (χ2v) is 31.9. The molecule has 0 saturated heterocycles. The van der Waals surface area contributed by atoms with Gasteiger partial charge in [-0.3, -0.25) is 19.4 Å². The van der Waals surface area contributed by atoms with Crippen LogP contribution in [0.5, 0.6) is 0 Å². The first-order chi connectivity index (χ1) is 51.3. The first-order valence-electron chi connectivity index (χ1n) is 41.5. The number of rotatable bonds is 42. The lowest BCUT2D eigenvalue weighted by atomic mass is 9.92. The summed E-state index contributed by atoms with van der Waals surface area (Å²) in [4.78, 5) is 38.8. The molecule has 4 nitrogen and oxygen atoms in total. The third-order valence-corrected chi connectivity index (χ3v) is 23.8. The maximum atomic E-state index is 16.3. The normalized spacial score (nSPS) is 13.4. The van der Waals surface area contributed by atoms with Crippen molar-refractivity contribution in [1.82, 2.24) is 9.80 Å². The molecule has 2 amide bonds. The van der Waals surface area contributed by atoms with E-state index in [-0.39, 0.29) is 23.7 Å². The molecule has 2 aromatic heterocycles. The van der Waals surface area contributed by atoms with Gasteiger partial charge in [0, 0.05) is 35.3 Å². The number of unbranched alkanes of at least 4 members (excludes halogenated alkanes) is 26. The highest BCUT2D eigenvalue weighted by Crippen LogP contribution is 2.43. The summed E-state index contributed by atoms with van der Waals surface area (Å²) in [5, 5.41) is 12.6. The van der Waals surface area contributed by atoms with E-state index < -0.39 is 0 Å². The van der Waals surface area contributed by atoms with Crippen LogP contribution < -0.4 is 0 Å². The Bertz CT molecular complexity index is 4050. The third-order valence-electron chi connectivity index (χ3n) is 22.1. The molecule has 2 unspecified atom stereocenters. The van der Waals surface area contributed by atoms with Gasteiger partial charge in [-0.15, -0.1) is 22.7 Å². The zero-order chi connectivity index (χ0) is 72.5. The number of carbonyl (C=O) groups is 2. The van der Waals surface area contributed by atoms with Gasteiger partial charge >= 0.3 is 0 Å². The quantitative estimate of drug-likeness (QED) is 0.0217. The minimum atomic E-state index is -0.157. The Morgan fingerprint density at radius 3 is 0.827 bits per heavy atom. The molecule has 2 atom stereocenters. The summed E-state index contributed by atoms with van der Waals surface area (Å²) in [6.45, 7) is 14.6. The third kappa shape index (κ3) is 21.4. The number of hydrogen-bond acceptors (Lipinski definition) is 4. The standard InChI is InChI=1S/C98H120N2O2S2/c1-7-13-19-23-25-27-29-31-33-37-51-77-69-71-103-93(77)67-63-89-83-57-43-39-53-79(83)87(80-54-40-44-58-84(80)89)61-65-91-95-96(98(102)99(91)73-75(47-17-11-5)49-35-21-15-9-3)92(100(97(95)101)74-76(48-18-12-6)50-36-22-16-10-4)66-62-88-81-55-41-45-59-85(81)90(86-60-46-42-56-82(86)88)64-68-94-78(70-72-104-94)52-38-34-32-30-28-26-24-20-14-8-2/h39-46,53-60,69-72,75-76H,7-38,47-52,73-74H2,1-6H3. The van der Waals surface area contributed by atoms with Crippen molar-refractivity contribution < 1.29 is 9.59 Å². The van der Waals surface area contributed by atoms with E-state index in [1.807, 2.05) is 9.80 Å². The Hall–Kier alpha value is -7.58. The number of benzene rings is 6. The number of nitrogens with zero attached hydrogens (tertiary/aromatic N) is 2. The van der Waals surface area contributed by atoms with Crippen molar-refractivity contribution in [3.05, 3.63) is 186 Å². The molecule has 0 bridgehead atoms. The number of thiophene rings is 2. The first kappa shape index (κ1) is 79.0. The maximum Gasteiger partial charge on any atom is 0.262 e. The average Bonchev–Trinajstić information content (AvgIpc) is 1.45. The second kappa shape index (κ2) is 43.1. The zero-order valence-corrected chi connectivity index (χ0v) is 66.1. The highest BCUT2D eigenvalue weighted by Gasteiger charge is 2.48. The molecule has 6 heteroatoms. The number of allylic oxidation sites excluding steroid dienone is 2. The summed E-state index contributed by atoms with van der Waals surface area (Å²) in [6.07, 6.45) is 46.1. The molecule has 6 aromatic carbocycles. The predicted octanol–water partition coefficient (Wildman–Crippen LogP) is 27.3. The second-order valence-electron chi connectivity index (χ2n) is 30.1. The topological polar surface area (TPSA) is 40.6 Å². The highest BCUT2D eigenvalue weighted by molar-refractivity contribution is 7.11. The van der Waals surface area contributed by atoms with Gasteiger partial charge in [-0.2, -0.15) is 0 Å². The number of amides is 2. The number of fused-ring (bicyclic) bond motifs is 5. The molecule has 0 saturated carbocycles. The smallest absolute Gasteiger partial charge is 0.262 e. The van der Waals surface area contributed by atoms with Gasteiger partial charge in [0.2, 0.25) is 0 Å². The van der Waals surface area contributed by atoms with Crippen LogP contribution in [0.3, 0.4) is 0 Å². The van der Waals surface area contributed by atoms with Crippen LogP contribution in [-0.4, -0.2) is 34.7 Å². The summed E-state index contributed by atoms with van der Waals surface area (Å²) < 4.78 is 0. The Morgan fingerprint density at radius 2 is 0.538 bits per heavy atom. The summed E-state index contributed by atoms with van der Waals surface area (Å²) in [5.74, 6) is 30.1. The lowest BCUT2D eigenvalue weighted by Gasteiger charge is -2.27. The van der Waals surface area contributed by atoms with Gasteiger partial charge in [0.25, 0.3) is 11.8 Å². The van der Waals surface area contributed by atoms with Crippen LogP contribution in [0, 0.1) is 59.2 Å². The molecular weight excluding hydrogens is 1300 g/mol. The van der Waals surface area contributed by atoms with E-state index in [0.29, 0.717) is 35.6 Å². The van der Waals surface area contributed by atoms with Crippen LogP contribution in [-0.2, 0) is 22.4 Å². The predicted molar refractivity (Wildman–Crippen MR) is 449 cm³/mol. The van der Waals surface area contributed by atoms with E-state index in [2.05, 4.69) is 209 Å². The fourth-order valence-corrected chi connectivity index (χ4v) is 17.6. The summed E-state index contributed by atoms with van der Waals surface area (Å²) in [6, 6.07) is 38.9. The Morgan fingerprint density at radius 1 is 0.288 bits per heavy atom. The molecule has 2 aliphatic heterocycles. The number of hydrogen-bond donors (Lipinski definition) is 0. The van der Waals surface area contributed by atoms with Gasteiger partial charge in [0.15, 0.2) is 0 Å². The molecule has 0 aliphatic carbocycles. The van der Waals surface area contributed by atoms with E-state index in [9.17, 15) is 0 Å². The van der Waals surface area contributed by atoms with Crippen molar-refractivity contribution in [1.29, 1.82) is 0 Å². The monoisotopic (exact) mass is 1420 g/mol. The largest absolute Gasteiger partial charge is 0.300 e. The van der Waals surface area contributed by atoms with Crippen molar-refractivity contribution in [3.8, 4) is 47.4 Å². The molecule has 0 radical (unpaired) electrons. The summed E-state index contributed by atoms with van der Waals surface area (Å²) in [7, 11) is 0. The van der Waals surface area contributed by atoms with Crippen molar-refractivity contribution in [2.24, 2.45) is 11.8 Å².